The first-order chi connectivity index (χ1) is 9.06. The summed E-state index contributed by atoms with van der Waals surface area (Å²) >= 11 is 0. The molecule has 1 amide bonds. The zero-order valence-electron chi connectivity index (χ0n) is 12.1. The Balaban J connectivity index is 1.72. The highest BCUT2D eigenvalue weighted by Crippen LogP contribution is 2.12. The highest BCUT2D eigenvalue weighted by Gasteiger charge is 2.32. The molecule has 2 N–H and O–H groups in total. The molecule has 2 atom stereocenters. The molecule has 0 saturated carbocycles. The van der Waals surface area contributed by atoms with Gasteiger partial charge in [-0.2, -0.15) is 0 Å². The van der Waals surface area contributed by atoms with Crippen LogP contribution in [0.3, 0.4) is 0 Å². The van der Waals surface area contributed by atoms with Gasteiger partial charge in [-0.3, -0.25) is 9.69 Å². The lowest BCUT2D eigenvalue weighted by Gasteiger charge is -2.36. The molecular formula is C14H27N3O2. The molecule has 5 heteroatoms. The molecule has 0 aromatic carbocycles. The number of piperazine rings is 1. The maximum Gasteiger partial charge on any atom is 0.239 e. The van der Waals surface area contributed by atoms with Crippen molar-refractivity contribution in [1.82, 2.24) is 15.1 Å². The molecule has 19 heavy (non-hydrogen) atoms. The van der Waals surface area contributed by atoms with Crippen LogP contribution in [0.15, 0.2) is 0 Å². The van der Waals surface area contributed by atoms with Gasteiger partial charge in [0.2, 0.25) is 5.91 Å². The van der Waals surface area contributed by atoms with Crippen LogP contribution in [0.2, 0.25) is 0 Å². The topological polar surface area (TPSA) is 55.8 Å². The van der Waals surface area contributed by atoms with Gasteiger partial charge >= 0.3 is 0 Å². The molecule has 5 nitrogen and oxygen atoms in total. The van der Waals surface area contributed by atoms with Gasteiger partial charge in [0, 0.05) is 32.7 Å². The Bertz CT molecular complexity index is 301. The van der Waals surface area contributed by atoms with Crippen molar-refractivity contribution in [3.8, 4) is 0 Å². The van der Waals surface area contributed by atoms with Crippen molar-refractivity contribution in [2.75, 3.05) is 39.3 Å². The Morgan fingerprint density at radius 1 is 1.32 bits per heavy atom. The van der Waals surface area contributed by atoms with E-state index in [1.807, 2.05) is 4.90 Å². The number of amides is 1. The first-order valence-electron chi connectivity index (χ1n) is 7.49. The number of β-amino-alcohol motifs (C(OH)–C–C–N with tert-alkyl or cyclic N) is 1. The van der Waals surface area contributed by atoms with Gasteiger partial charge in [0.15, 0.2) is 0 Å². The fraction of sp³-hybridized carbons (Fsp3) is 0.929. The van der Waals surface area contributed by atoms with Gasteiger partial charge < -0.3 is 15.3 Å². The molecule has 110 valence electrons. The zero-order chi connectivity index (χ0) is 13.8. The summed E-state index contributed by atoms with van der Waals surface area (Å²) in [4.78, 5) is 16.6. The Morgan fingerprint density at radius 3 is 2.53 bits per heavy atom. The third-order valence-corrected chi connectivity index (χ3v) is 4.11. The van der Waals surface area contributed by atoms with E-state index >= 15 is 0 Å². The largest absolute Gasteiger partial charge is 0.392 e. The average molecular weight is 269 g/mol. The van der Waals surface area contributed by atoms with Crippen LogP contribution in [0.4, 0.5) is 0 Å². The predicted molar refractivity (Wildman–Crippen MR) is 74.9 cm³/mol. The second-order valence-corrected chi connectivity index (χ2v) is 6.20. The van der Waals surface area contributed by atoms with Crippen LogP contribution in [0, 0.1) is 5.92 Å². The molecule has 2 aliphatic heterocycles. The minimum atomic E-state index is -0.360. The highest BCUT2D eigenvalue weighted by atomic mass is 16.3. The lowest BCUT2D eigenvalue weighted by atomic mass is 10.1. The molecule has 2 unspecified atom stereocenters. The Labute approximate surface area is 115 Å². The van der Waals surface area contributed by atoms with E-state index < -0.39 is 0 Å². The number of nitrogens with one attached hydrogen (secondary N) is 1. The number of aliphatic hydroxyl groups excluding tert-OH is 1. The lowest BCUT2D eigenvalue weighted by Crippen LogP contribution is -2.53. The second kappa shape index (κ2) is 6.68. The van der Waals surface area contributed by atoms with E-state index in [1.165, 1.54) is 6.42 Å². The molecule has 0 radical (unpaired) electrons. The number of rotatable bonds is 4. The van der Waals surface area contributed by atoms with Gasteiger partial charge in [-0.05, 0) is 25.3 Å². The molecule has 2 fully saturated rings. The average Bonchev–Trinajstić information content (AvgIpc) is 2.83. The summed E-state index contributed by atoms with van der Waals surface area (Å²) in [6.45, 7) is 9.79. The van der Waals surface area contributed by atoms with Crippen LogP contribution >= 0.6 is 0 Å². The first-order valence-corrected chi connectivity index (χ1v) is 7.49. The molecule has 0 aromatic rings. The Kier molecular flexibility index (Phi) is 5.19. The summed E-state index contributed by atoms with van der Waals surface area (Å²) in [5, 5.41) is 12.6. The molecule has 2 aliphatic rings. The number of nitrogens with zero attached hydrogens (tertiary/aromatic N) is 2. The van der Waals surface area contributed by atoms with Crippen molar-refractivity contribution >= 4 is 5.91 Å². The zero-order valence-corrected chi connectivity index (χ0v) is 12.1. The molecule has 2 saturated heterocycles. The van der Waals surface area contributed by atoms with Gasteiger partial charge in [0.25, 0.3) is 0 Å². The maximum atomic E-state index is 12.3. The number of carbonyl (C=O) groups excluding carboxylic acids is 1. The minimum Gasteiger partial charge on any atom is -0.392 e. The number of aliphatic hydroxyl groups is 1. The third kappa shape index (κ3) is 4.16. The normalized spacial score (nSPS) is 29.2. The van der Waals surface area contributed by atoms with E-state index in [-0.39, 0.29) is 18.1 Å². The van der Waals surface area contributed by atoms with Crippen LogP contribution in [0.1, 0.15) is 26.7 Å². The van der Waals surface area contributed by atoms with E-state index in [2.05, 4.69) is 24.1 Å². The number of carbonyl (C=O) groups is 1. The Morgan fingerprint density at radius 2 is 2.00 bits per heavy atom. The van der Waals surface area contributed by atoms with Crippen LogP contribution < -0.4 is 5.32 Å². The molecule has 2 rings (SSSR count). The van der Waals surface area contributed by atoms with Gasteiger partial charge in [-0.15, -0.1) is 0 Å². The van der Waals surface area contributed by atoms with E-state index in [9.17, 15) is 9.90 Å². The second-order valence-electron chi connectivity index (χ2n) is 6.20. The van der Waals surface area contributed by atoms with Crippen molar-refractivity contribution < 1.29 is 9.90 Å². The molecule has 0 aromatic heterocycles. The summed E-state index contributed by atoms with van der Waals surface area (Å²) < 4.78 is 0. The third-order valence-electron chi connectivity index (χ3n) is 4.11. The summed E-state index contributed by atoms with van der Waals surface area (Å²) in [5.41, 5.74) is 0. The van der Waals surface area contributed by atoms with Crippen LogP contribution in [0.25, 0.3) is 0 Å². The minimum absolute atomic E-state index is 0.167. The van der Waals surface area contributed by atoms with Crippen molar-refractivity contribution in [3.05, 3.63) is 0 Å². The van der Waals surface area contributed by atoms with Crippen molar-refractivity contribution in [2.24, 2.45) is 5.92 Å². The highest BCUT2D eigenvalue weighted by molar-refractivity contribution is 5.82. The van der Waals surface area contributed by atoms with E-state index in [0.717, 1.165) is 38.6 Å². The summed E-state index contributed by atoms with van der Waals surface area (Å²) in [6, 6.07) is -0.169. The molecule has 2 heterocycles. The van der Waals surface area contributed by atoms with E-state index in [4.69, 9.17) is 0 Å². The SMILES string of the molecule is CC(C)CCN1CCN(C(=O)C2CC(O)CN2)CC1. The van der Waals surface area contributed by atoms with Gasteiger partial charge in [0.05, 0.1) is 12.1 Å². The van der Waals surface area contributed by atoms with Crippen LogP contribution in [-0.2, 0) is 4.79 Å². The fourth-order valence-electron chi connectivity index (χ4n) is 2.76. The van der Waals surface area contributed by atoms with E-state index in [1.54, 1.807) is 0 Å². The Hall–Kier alpha value is -0.650. The van der Waals surface area contributed by atoms with Crippen LogP contribution in [0.5, 0.6) is 0 Å². The molecule has 0 aliphatic carbocycles. The standard InChI is InChI=1S/C14H27N3O2/c1-11(2)3-4-16-5-7-17(8-6-16)14(19)13-9-12(18)10-15-13/h11-13,15,18H,3-10H2,1-2H3. The van der Waals surface area contributed by atoms with Gasteiger partial charge in [0.1, 0.15) is 0 Å². The fourth-order valence-corrected chi connectivity index (χ4v) is 2.76. The predicted octanol–water partition coefficient (Wildman–Crippen LogP) is -0.100. The maximum absolute atomic E-state index is 12.3. The van der Waals surface area contributed by atoms with Gasteiger partial charge in [-0.1, -0.05) is 13.8 Å². The summed E-state index contributed by atoms with van der Waals surface area (Å²) in [6.07, 6.45) is 1.43. The van der Waals surface area contributed by atoms with Crippen molar-refractivity contribution in [3.63, 3.8) is 0 Å². The van der Waals surface area contributed by atoms with Crippen molar-refractivity contribution in [1.29, 1.82) is 0 Å². The summed E-state index contributed by atoms with van der Waals surface area (Å²) in [7, 11) is 0. The molecule has 0 bridgehead atoms. The lowest BCUT2D eigenvalue weighted by molar-refractivity contribution is -0.135. The van der Waals surface area contributed by atoms with E-state index in [0.29, 0.717) is 13.0 Å². The number of hydrogen-bond acceptors (Lipinski definition) is 4. The molecular weight excluding hydrogens is 242 g/mol. The van der Waals surface area contributed by atoms with Gasteiger partial charge in [-0.25, -0.2) is 0 Å². The van der Waals surface area contributed by atoms with Crippen molar-refractivity contribution in [2.45, 2.75) is 38.8 Å². The quantitative estimate of drug-likeness (QED) is 0.748. The monoisotopic (exact) mass is 269 g/mol. The van der Waals surface area contributed by atoms with Crippen LogP contribution in [-0.4, -0.2) is 72.2 Å². The summed E-state index contributed by atoms with van der Waals surface area (Å²) in [5.74, 6) is 0.906. The smallest absolute Gasteiger partial charge is 0.239 e. The number of hydrogen-bond donors (Lipinski definition) is 2. The molecule has 0 spiro atoms. The first kappa shape index (κ1) is 14.8.